The van der Waals surface area contributed by atoms with Crippen LogP contribution in [0.3, 0.4) is 0 Å². The fraction of sp³-hybridized carbons (Fsp3) is 0.471. The maximum atomic E-state index is 11.9. The van der Waals surface area contributed by atoms with Gasteiger partial charge in [-0.1, -0.05) is 69.2 Å². The molecule has 1 nitrogen and oxygen atoms in total. The van der Waals surface area contributed by atoms with Gasteiger partial charge in [0, 0.05) is 12.3 Å². The Morgan fingerprint density at radius 3 is 2.67 bits per heavy atom. The molecule has 0 aliphatic rings. The van der Waals surface area contributed by atoms with Crippen LogP contribution >= 0.6 is 0 Å². The van der Waals surface area contributed by atoms with Gasteiger partial charge in [-0.15, -0.1) is 0 Å². The van der Waals surface area contributed by atoms with Crippen molar-refractivity contribution in [2.24, 2.45) is 5.92 Å². The van der Waals surface area contributed by atoms with Gasteiger partial charge in [0.25, 0.3) is 0 Å². The lowest BCUT2D eigenvalue weighted by Crippen LogP contribution is -2.09. The highest BCUT2D eigenvalue weighted by Gasteiger charge is 2.09. The van der Waals surface area contributed by atoms with Crippen LogP contribution < -0.4 is 0 Å². The normalized spacial score (nSPS) is 12.8. The maximum Gasteiger partial charge on any atom is 0.139 e. The minimum absolute atomic E-state index is 0.0607. The van der Waals surface area contributed by atoms with Gasteiger partial charge >= 0.3 is 0 Å². The number of unbranched alkanes of at least 4 members (excludes halogenated alkanes) is 2. The van der Waals surface area contributed by atoms with E-state index < -0.39 is 0 Å². The van der Waals surface area contributed by atoms with Crippen molar-refractivity contribution >= 4 is 5.78 Å². The predicted molar refractivity (Wildman–Crippen MR) is 77.6 cm³/mol. The van der Waals surface area contributed by atoms with Crippen molar-refractivity contribution in [2.75, 3.05) is 0 Å². The molecule has 98 valence electrons. The van der Waals surface area contributed by atoms with Crippen LogP contribution in [0.4, 0.5) is 0 Å². The topological polar surface area (TPSA) is 17.1 Å². The van der Waals surface area contributed by atoms with E-state index in [4.69, 9.17) is 0 Å². The number of rotatable bonds is 8. The molecule has 0 amide bonds. The summed E-state index contributed by atoms with van der Waals surface area (Å²) >= 11 is 0. The van der Waals surface area contributed by atoms with Gasteiger partial charge in [-0.3, -0.25) is 4.79 Å². The fourth-order valence-corrected chi connectivity index (χ4v) is 1.87. The van der Waals surface area contributed by atoms with Gasteiger partial charge in [0.2, 0.25) is 0 Å². The van der Waals surface area contributed by atoms with E-state index in [9.17, 15) is 4.79 Å². The Kier molecular flexibility index (Phi) is 7.09. The Morgan fingerprint density at radius 1 is 1.28 bits per heavy atom. The summed E-state index contributed by atoms with van der Waals surface area (Å²) in [6, 6.07) is 10.2. The molecule has 0 saturated carbocycles. The summed E-state index contributed by atoms with van der Waals surface area (Å²) in [5.74, 6) is 0.400. The highest BCUT2D eigenvalue weighted by atomic mass is 16.1. The minimum atomic E-state index is 0.0607. The molecule has 0 aromatic heterocycles. The van der Waals surface area contributed by atoms with Crippen LogP contribution in [0.1, 0.15) is 45.1 Å². The van der Waals surface area contributed by atoms with Crippen molar-refractivity contribution in [3.8, 4) is 0 Å². The van der Waals surface area contributed by atoms with E-state index in [1.807, 2.05) is 25.1 Å². The molecule has 1 aromatic rings. The van der Waals surface area contributed by atoms with Gasteiger partial charge in [0.05, 0.1) is 0 Å². The van der Waals surface area contributed by atoms with Crippen LogP contribution in [0.25, 0.3) is 0 Å². The largest absolute Gasteiger partial charge is 0.299 e. The molecule has 0 fully saturated rings. The van der Waals surface area contributed by atoms with E-state index in [1.165, 1.54) is 18.4 Å². The highest BCUT2D eigenvalue weighted by molar-refractivity contribution is 5.82. The molecule has 0 heterocycles. The smallest absolute Gasteiger partial charge is 0.139 e. The number of Topliss-reactive ketones (excluding diaryl/α,β-unsaturated/α-hetero) is 1. The van der Waals surface area contributed by atoms with Gasteiger partial charge < -0.3 is 0 Å². The highest BCUT2D eigenvalue weighted by Crippen LogP contribution is 2.09. The number of aryl methyl sites for hydroxylation is 1. The molecule has 0 spiro atoms. The zero-order valence-electron chi connectivity index (χ0n) is 11.6. The molecule has 1 atom stereocenters. The first-order valence-corrected chi connectivity index (χ1v) is 6.97. The summed E-state index contributed by atoms with van der Waals surface area (Å²) in [6.07, 6.45) is 9.21. The first kappa shape index (κ1) is 14.7. The average Bonchev–Trinajstić information content (AvgIpc) is 2.42. The second-order valence-electron chi connectivity index (χ2n) is 4.81. The first-order chi connectivity index (χ1) is 8.74. The molecule has 0 N–H and O–H groups in total. The van der Waals surface area contributed by atoms with Gasteiger partial charge in [-0.05, 0) is 18.4 Å². The third kappa shape index (κ3) is 5.81. The quantitative estimate of drug-likeness (QED) is 0.483. The standard InChI is InChI=1S/C17H24O/c1-3-4-5-7-10-15(2)17(18)14-13-16-11-8-6-9-12-16/h6-12,15H,3-5,13-14H2,1-2H3/b10-7-/t15-/m0/s1. The molecule has 0 radical (unpaired) electrons. The molecule has 1 aromatic carbocycles. The van der Waals surface area contributed by atoms with Crippen molar-refractivity contribution in [2.45, 2.75) is 46.0 Å². The monoisotopic (exact) mass is 244 g/mol. The van der Waals surface area contributed by atoms with Gasteiger partial charge in [0.15, 0.2) is 0 Å². The van der Waals surface area contributed by atoms with Crippen molar-refractivity contribution in [3.63, 3.8) is 0 Å². The Balaban J connectivity index is 2.29. The molecule has 0 aliphatic heterocycles. The number of ketones is 1. The van der Waals surface area contributed by atoms with Crippen LogP contribution in [-0.4, -0.2) is 5.78 Å². The first-order valence-electron chi connectivity index (χ1n) is 6.97. The molecule has 0 saturated heterocycles. The van der Waals surface area contributed by atoms with E-state index in [2.05, 4.69) is 31.2 Å². The van der Waals surface area contributed by atoms with Crippen LogP contribution in [0.2, 0.25) is 0 Å². The van der Waals surface area contributed by atoms with E-state index in [1.54, 1.807) is 0 Å². The Labute approximate surface area is 111 Å². The predicted octanol–water partition coefficient (Wildman–Crippen LogP) is 4.57. The molecular weight excluding hydrogens is 220 g/mol. The zero-order valence-corrected chi connectivity index (χ0v) is 11.6. The minimum Gasteiger partial charge on any atom is -0.299 e. The lowest BCUT2D eigenvalue weighted by Gasteiger charge is -2.05. The SMILES string of the molecule is CCCC/C=C\[C@H](C)C(=O)CCc1ccccc1. The number of carbonyl (C=O) groups is 1. The van der Waals surface area contributed by atoms with E-state index in [-0.39, 0.29) is 5.92 Å². The molecular formula is C17H24O. The average molecular weight is 244 g/mol. The van der Waals surface area contributed by atoms with Gasteiger partial charge in [-0.25, -0.2) is 0 Å². The van der Waals surface area contributed by atoms with Crippen molar-refractivity contribution in [1.82, 2.24) is 0 Å². The summed E-state index contributed by atoms with van der Waals surface area (Å²) in [5.41, 5.74) is 1.24. The molecule has 0 bridgehead atoms. The number of benzene rings is 1. The van der Waals surface area contributed by atoms with Crippen molar-refractivity contribution in [1.29, 1.82) is 0 Å². The van der Waals surface area contributed by atoms with E-state index >= 15 is 0 Å². The van der Waals surface area contributed by atoms with Gasteiger partial charge in [0.1, 0.15) is 5.78 Å². The third-order valence-electron chi connectivity index (χ3n) is 3.16. The fourth-order valence-electron chi connectivity index (χ4n) is 1.87. The zero-order chi connectivity index (χ0) is 13.2. The van der Waals surface area contributed by atoms with Crippen LogP contribution in [0, 0.1) is 5.92 Å². The van der Waals surface area contributed by atoms with Crippen LogP contribution in [0.5, 0.6) is 0 Å². The number of carbonyl (C=O) groups excluding carboxylic acids is 1. The second kappa shape index (κ2) is 8.68. The number of hydrogen-bond acceptors (Lipinski definition) is 1. The van der Waals surface area contributed by atoms with E-state index in [0.29, 0.717) is 12.2 Å². The molecule has 18 heavy (non-hydrogen) atoms. The third-order valence-corrected chi connectivity index (χ3v) is 3.16. The summed E-state index contributed by atoms with van der Waals surface area (Å²) in [7, 11) is 0. The van der Waals surface area contributed by atoms with Crippen LogP contribution in [0.15, 0.2) is 42.5 Å². The summed E-state index contributed by atoms with van der Waals surface area (Å²) in [6.45, 7) is 4.18. The second-order valence-corrected chi connectivity index (χ2v) is 4.81. The summed E-state index contributed by atoms with van der Waals surface area (Å²) in [5, 5.41) is 0. The van der Waals surface area contributed by atoms with E-state index in [0.717, 1.165) is 12.8 Å². The summed E-state index contributed by atoms with van der Waals surface area (Å²) < 4.78 is 0. The van der Waals surface area contributed by atoms with Crippen molar-refractivity contribution in [3.05, 3.63) is 48.0 Å². The maximum absolute atomic E-state index is 11.9. The van der Waals surface area contributed by atoms with Gasteiger partial charge in [-0.2, -0.15) is 0 Å². The lowest BCUT2D eigenvalue weighted by atomic mass is 9.99. The Bertz CT molecular complexity index is 364. The van der Waals surface area contributed by atoms with Crippen molar-refractivity contribution < 1.29 is 4.79 Å². The number of hydrogen-bond donors (Lipinski definition) is 0. The molecule has 0 unspecified atom stereocenters. The Hall–Kier alpha value is -1.37. The molecule has 1 rings (SSSR count). The Morgan fingerprint density at radius 2 is 2.00 bits per heavy atom. The molecule has 1 heteroatoms. The number of allylic oxidation sites excluding steroid dienone is 2. The lowest BCUT2D eigenvalue weighted by molar-refractivity contribution is -0.121. The van der Waals surface area contributed by atoms with Crippen LogP contribution in [-0.2, 0) is 11.2 Å². The molecule has 0 aliphatic carbocycles. The summed E-state index contributed by atoms with van der Waals surface area (Å²) in [4.78, 5) is 11.9.